The highest BCUT2D eigenvalue weighted by Crippen LogP contribution is 2.24. The molecule has 1 saturated carbocycles. The van der Waals surface area contributed by atoms with Crippen molar-refractivity contribution in [3.8, 4) is 10.6 Å². The molecule has 0 spiro atoms. The van der Waals surface area contributed by atoms with Crippen LogP contribution in [0.25, 0.3) is 10.6 Å². The van der Waals surface area contributed by atoms with Gasteiger partial charge in [0.15, 0.2) is 0 Å². The molecule has 1 aliphatic carbocycles. The van der Waals surface area contributed by atoms with E-state index in [0.717, 1.165) is 23.4 Å². The van der Waals surface area contributed by atoms with Gasteiger partial charge in [-0.3, -0.25) is 9.59 Å². The van der Waals surface area contributed by atoms with Crippen LogP contribution in [0.1, 0.15) is 23.3 Å². The quantitative estimate of drug-likeness (QED) is 0.828. The van der Waals surface area contributed by atoms with Crippen LogP contribution in [-0.2, 0) is 4.79 Å². The van der Waals surface area contributed by atoms with Gasteiger partial charge in [-0.2, -0.15) is 0 Å². The second-order valence-corrected chi connectivity index (χ2v) is 6.31. The van der Waals surface area contributed by atoms with E-state index in [9.17, 15) is 9.59 Å². The lowest BCUT2D eigenvalue weighted by atomic mass is 9.86. The van der Waals surface area contributed by atoms with Crippen LogP contribution in [0.2, 0.25) is 0 Å². The third-order valence-corrected chi connectivity index (χ3v) is 4.65. The smallest absolute Gasteiger partial charge is 0.270 e. The molecule has 0 saturated heterocycles. The Bertz CT molecular complexity index is 720. The molecule has 2 aromatic rings. The lowest BCUT2D eigenvalue weighted by Gasteiger charge is -2.35. The number of amides is 2. The van der Waals surface area contributed by atoms with Crippen molar-refractivity contribution in [3.05, 3.63) is 54.1 Å². The molecule has 0 aliphatic heterocycles. The molecule has 1 heterocycles. The van der Waals surface area contributed by atoms with Crippen molar-refractivity contribution >= 4 is 23.2 Å². The highest BCUT2D eigenvalue weighted by Gasteiger charge is 2.31. The summed E-state index contributed by atoms with van der Waals surface area (Å²) in [5, 5.41) is 8.36. The molecule has 3 rings (SSSR count). The fourth-order valence-corrected chi connectivity index (χ4v) is 3.27. The standard InChI is InChI=1S/C17H17N3O2S/c1-2-15(21)18-12-8-13(9-12)19-16(22)14-10-23-17(20-14)11-6-4-3-5-7-11/h2-7,10,12-13H,1,8-9H2,(H,18,21)(H,19,22). The lowest BCUT2D eigenvalue weighted by molar-refractivity contribution is -0.117. The summed E-state index contributed by atoms with van der Waals surface area (Å²) in [7, 11) is 0. The average Bonchev–Trinajstić information content (AvgIpc) is 3.03. The van der Waals surface area contributed by atoms with Gasteiger partial charge in [-0.15, -0.1) is 11.3 Å². The van der Waals surface area contributed by atoms with E-state index in [1.165, 1.54) is 17.4 Å². The lowest BCUT2D eigenvalue weighted by Crippen LogP contribution is -2.53. The molecule has 0 bridgehead atoms. The highest BCUT2D eigenvalue weighted by atomic mass is 32.1. The molecule has 2 N–H and O–H groups in total. The number of benzene rings is 1. The van der Waals surface area contributed by atoms with Crippen LogP contribution < -0.4 is 10.6 Å². The van der Waals surface area contributed by atoms with E-state index in [1.807, 2.05) is 30.3 Å². The van der Waals surface area contributed by atoms with E-state index in [0.29, 0.717) is 5.69 Å². The Morgan fingerprint density at radius 2 is 1.87 bits per heavy atom. The maximum atomic E-state index is 12.2. The second-order valence-electron chi connectivity index (χ2n) is 5.46. The van der Waals surface area contributed by atoms with Gasteiger partial charge in [0.05, 0.1) is 0 Å². The van der Waals surface area contributed by atoms with Crippen LogP contribution in [0.3, 0.4) is 0 Å². The maximum Gasteiger partial charge on any atom is 0.270 e. The fraction of sp³-hybridized carbons (Fsp3) is 0.235. The van der Waals surface area contributed by atoms with E-state index in [-0.39, 0.29) is 23.9 Å². The summed E-state index contributed by atoms with van der Waals surface area (Å²) in [5.74, 6) is -0.339. The van der Waals surface area contributed by atoms with Gasteiger partial charge in [0.2, 0.25) is 5.91 Å². The molecule has 6 heteroatoms. The van der Waals surface area contributed by atoms with E-state index in [1.54, 1.807) is 5.38 Å². The molecular weight excluding hydrogens is 310 g/mol. The van der Waals surface area contributed by atoms with Crippen molar-refractivity contribution in [2.24, 2.45) is 0 Å². The van der Waals surface area contributed by atoms with Crippen molar-refractivity contribution in [3.63, 3.8) is 0 Å². The Hall–Kier alpha value is -2.47. The number of aromatic nitrogens is 1. The van der Waals surface area contributed by atoms with Gasteiger partial charge in [0, 0.05) is 23.0 Å². The fourth-order valence-electron chi connectivity index (χ4n) is 2.46. The Labute approximate surface area is 138 Å². The molecule has 118 valence electrons. The van der Waals surface area contributed by atoms with E-state index in [2.05, 4.69) is 22.2 Å². The van der Waals surface area contributed by atoms with E-state index in [4.69, 9.17) is 0 Å². The number of nitrogens with zero attached hydrogens (tertiary/aromatic N) is 1. The molecule has 23 heavy (non-hydrogen) atoms. The normalized spacial score (nSPS) is 19.5. The number of hydrogen-bond acceptors (Lipinski definition) is 4. The van der Waals surface area contributed by atoms with Gasteiger partial charge in [-0.1, -0.05) is 36.9 Å². The summed E-state index contributed by atoms with van der Waals surface area (Å²) in [6, 6.07) is 9.98. The predicted molar refractivity (Wildman–Crippen MR) is 90.2 cm³/mol. The first-order chi connectivity index (χ1) is 11.2. The van der Waals surface area contributed by atoms with Crippen LogP contribution in [0.4, 0.5) is 0 Å². The van der Waals surface area contributed by atoms with Gasteiger partial charge in [0.25, 0.3) is 5.91 Å². The minimum Gasteiger partial charge on any atom is -0.350 e. The monoisotopic (exact) mass is 327 g/mol. The molecule has 1 fully saturated rings. The third-order valence-electron chi connectivity index (χ3n) is 3.76. The largest absolute Gasteiger partial charge is 0.350 e. The number of nitrogens with one attached hydrogen (secondary N) is 2. The third kappa shape index (κ3) is 3.65. The van der Waals surface area contributed by atoms with Gasteiger partial charge in [-0.05, 0) is 18.9 Å². The van der Waals surface area contributed by atoms with E-state index >= 15 is 0 Å². The van der Waals surface area contributed by atoms with Crippen molar-refractivity contribution in [1.82, 2.24) is 15.6 Å². The van der Waals surface area contributed by atoms with Crippen LogP contribution in [-0.4, -0.2) is 28.9 Å². The molecule has 0 radical (unpaired) electrons. The Balaban J connectivity index is 1.53. The highest BCUT2D eigenvalue weighted by molar-refractivity contribution is 7.13. The molecule has 1 aromatic heterocycles. The maximum absolute atomic E-state index is 12.2. The van der Waals surface area contributed by atoms with Crippen molar-refractivity contribution in [2.75, 3.05) is 0 Å². The Morgan fingerprint density at radius 1 is 1.17 bits per heavy atom. The summed E-state index contributed by atoms with van der Waals surface area (Å²) < 4.78 is 0. The van der Waals surface area contributed by atoms with Gasteiger partial charge in [0.1, 0.15) is 10.7 Å². The first kappa shape index (κ1) is 15.4. The van der Waals surface area contributed by atoms with Crippen molar-refractivity contribution < 1.29 is 9.59 Å². The van der Waals surface area contributed by atoms with Gasteiger partial charge < -0.3 is 10.6 Å². The number of thiazole rings is 1. The second kappa shape index (κ2) is 6.75. The summed E-state index contributed by atoms with van der Waals surface area (Å²) in [6.07, 6.45) is 2.73. The number of rotatable bonds is 5. The molecule has 1 aliphatic rings. The van der Waals surface area contributed by atoms with Crippen molar-refractivity contribution in [2.45, 2.75) is 24.9 Å². The molecular formula is C17H17N3O2S. The minimum atomic E-state index is -0.174. The zero-order chi connectivity index (χ0) is 16.2. The average molecular weight is 327 g/mol. The summed E-state index contributed by atoms with van der Waals surface area (Å²) in [6.45, 7) is 3.42. The predicted octanol–water partition coefficient (Wildman–Crippen LogP) is 2.37. The zero-order valence-corrected chi connectivity index (χ0v) is 13.3. The molecule has 2 amide bonds. The zero-order valence-electron chi connectivity index (χ0n) is 12.5. The Kier molecular flexibility index (Phi) is 4.52. The van der Waals surface area contributed by atoms with Gasteiger partial charge in [-0.25, -0.2) is 4.98 Å². The van der Waals surface area contributed by atoms with Crippen LogP contribution in [0.5, 0.6) is 0 Å². The molecule has 0 atom stereocenters. The first-order valence-electron chi connectivity index (χ1n) is 7.40. The summed E-state index contributed by atoms with van der Waals surface area (Å²) in [5.41, 5.74) is 1.44. The number of carbonyl (C=O) groups excluding carboxylic acids is 2. The topological polar surface area (TPSA) is 71.1 Å². The van der Waals surface area contributed by atoms with E-state index < -0.39 is 0 Å². The van der Waals surface area contributed by atoms with Crippen LogP contribution >= 0.6 is 11.3 Å². The summed E-state index contributed by atoms with van der Waals surface area (Å²) >= 11 is 1.46. The minimum absolute atomic E-state index is 0.0829. The first-order valence-corrected chi connectivity index (χ1v) is 8.28. The molecule has 0 unspecified atom stereocenters. The van der Waals surface area contributed by atoms with Crippen LogP contribution in [0, 0.1) is 0 Å². The van der Waals surface area contributed by atoms with Crippen molar-refractivity contribution in [1.29, 1.82) is 0 Å². The van der Waals surface area contributed by atoms with Crippen LogP contribution in [0.15, 0.2) is 48.4 Å². The molecule has 5 nitrogen and oxygen atoms in total. The Morgan fingerprint density at radius 3 is 2.57 bits per heavy atom. The summed E-state index contributed by atoms with van der Waals surface area (Å²) in [4.78, 5) is 27.8. The SMILES string of the molecule is C=CC(=O)NC1CC(NC(=O)c2csc(-c3ccccc3)n2)C1. The van der Waals surface area contributed by atoms with Gasteiger partial charge >= 0.3 is 0 Å². The number of hydrogen-bond donors (Lipinski definition) is 2. The molecule has 1 aromatic carbocycles. The number of carbonyl (C=O) groups is 2.